The first-order chi connectivity index (χ1) is 20.0. The maximum Gasteiger partial charge on any atom is 0.310 e. The smallest absolute Gasteiger partial charge is 0.310 e. The fourth-order valence-corrected chi connectivity index (χ4v) is 12.3. The first kappa shape index (κ1) is 31.3. The molecule has 1 amide bonds. The Kier molecular flexibility index (Phi) is 7.39. The van der Waals surface area contributed by atoms with Gasteiger partial charge < -0.3 is 15.3 Å². The highest BCUT2D eigenvalue weighted by Gasteiger charge is 2.70. The van der Waals surface area contributed by atoms with E-state index in [4.69, 9.17) is 0 Å². The van der Waals surface area contributed by atoms with Gasteiger partial charge in [0.15, 0.2) is 5.78 Å². The number of fused-ring (bicyclic) bond motifs is 7. The molecule has 5 fully saturated rings. The van der Waals surface area contributed by atoms with Crippen LogP contribution in [0.1, 0.15) is 119 Å². The molecule has 1 saturated heterocycles. The molecule has 0 bridgehead atoms. The second-order valence-electron chi connectivity index (χ2n) is 17.9. The third-order valence-electron chi connectivity index (χ3n) is 15.0. The maximum atomic E-state index is 14.0. The van der Waals surface area contributed by atoms with E-state index in [-0.39, 0.29) is 45.2 Å². The van der Waals surface area contributed by atoms with E-state index in [2.05, 4.69) is 64.8 Å². The van der Waals surface area contributed by atoms with E-state index in [1.165, 1.54) is 18.4 Å². The van der Waals surface area contributed by atoms with Crippen molar-refractivity contribution in [1.29, 1.82) is 0 Å². The second kappa shape index (κ2) is 10.2. The van der Waals surface area contributed by atoms with Gasteiger partial charge in [0.1, 0.15) is 0 Å². The number of nitrogens with zero attached hydrogens (tertiary/aromatic N) is 1. The largest absolute Gasteiger partial charge is 0.481 e. The van der Waals surface area contributed by atoms with Crippen molar-refractivity contribution in [2.75, 3.05) is 26.2 Å². The zero-order valence-electron chi connectivity index (χ0n) is 28.1. The van der Waals surface area contributed by atoms with Gasteiger partial charge in [-0.1, -0.05) is 60.1 Å². The van der Waals surface area contributed by atoms with Crippen LogP contribution in [0.5, 0.6) is 0 Å². The van der Waals surface area contributed by atoms with E-state index in [0.29, 0.717) is 18.9 Å². The topological polar surface area (TPSA) is 86.7 Å². The van der Waals surface area contributed by atoms with Gasteiger partial charge in [0, 0.05) is 18.5 Å². The summed E-state index contributed by atoms with van der Waals surface area (Å²) in [6.45, 7) is 19.9. The Balaban J connectivity index is 1.32. The van der Waals surface area contributed by atoms with E-state index < -0.39 is 22.7 Å². The number of amides is 1. The molecule has 8 atom stereocenters. The summed E-state index contributed by atoms with van der Waals surface area (Å²) in [4.78, 5) is 43.1. The highest BCUT2D eigenvalue weighted by Crippen LogP contribution is 2.75. The minimum atomic E-state index is -0.636. The molecule has 0 aromatic carbocycles. The number of ketones is 1. The lowest BCUT2D eigenvalue weighted by Gasteiger charge is -2.70. The fourth-order valence-electron chi connectivity index (χ4n) is 12.3. The molecular weight excluding hydrogens is 536 g/mol. The number of carboxylic acids is 1. The summed E-state index contributed by atoms with van der Waals surface area (Å²) in [7, 11) is 0. The minimum absolute atomic E-state index is 0.00182. The van der Waals surface area contributed by atoms with Gasteiger partial charge in [-0.15, -0.1) is 0 Å². The van der Waals surface area contributed by atoms with Crippen molar-refractivity contribution in [3.8, 4) is 0 Å². The van der Waals surface area contributed by atoms with Gasteiger partial charge in [0.25, 0.3) is 0 Å². The Morgan fingerprint density at radius 1 is 0.930 bits per heavy atom. The molecule has 6 aliphatic rings. The summed E-state index contributed by atoms with van der Waals surface area (Å²) in [6.07, 6.45) is 12.9. The highest BCUT2D eigenvalue weighted by atomic mass is 16.4. The first-order valence-electron chi connectivity index (χ1n) is 17.5. The van der Waals surface area contributed by atoms with Crippen LogP contribution in [0.15, 0.2) is 11.6 Å². The quantitative estimate of drug-likeness (QED) is 0.268. The number of hydrogen-bond donors (Lipinski definition) is 2. The lowest BCUT2D eigenvalue weighted by molar-refractivity contribution is -0.195. The van der Waals surface area contributed by atoms with Crippen LogP contribution in [0, 0.1) is 56.2 Å². The SMILES string of the molecule is CC1(C)CC[C@]2(C(=O)O)CC[C@]3(C)C(=CCC4[C@@]5(C)CC(C(=O)NCCN6CCCC6)C(=O)C(C)(C)[C@@H]5CC[C@]43C)[C@@H]2C1. The van der Waals surface area contributed by atoms with E-state index in [0.717, 1.165) is 71.0 Å². The monoisotopic (exact) mass is 594 g/mol. The summed E-state index contributed by atoms with van der Waals surface area (Å²) in [5.41, 5.74) is 0.184. The van der Waals surface area contributed by atoms with E-state index in [1.807, 2.05) is 0 Å². The van der Waals surface area contributed by atoms with Gasteiger partial charge in [-0.05, 0) is 123 Å². The zero-order chi connectivity index (χ0) is 31.2. The second-order valence-corrected chi connectivity index (χ2v) is 17.9. The molecule has 0 spiro atoms. The summed E-state index contributed by atoms with van der Waals surface area (Å²) in [6, 6.07) is 0. The summed E-state index contributed by atoms with van der Waals surface area (Å²) < 4.78 is 0. The van der Waals surface area contributed by atoms with Crippen molar-refractivity contribution in [3.05, 3.63) is 11.6 Å². The number of allylic oxidation sites excluding steroid dienone is 2. The standard InChI is InChI=1S/C37H58N2O4/c1-32(2)14-16-37(31(42)43)17-15-35(6)25(26(37)23-32)10-11-28-34(5)22-24(30(41)38-18-21-39-19-8-9-20-39)29(40)33(3,4)27(34)12-13-36(28,35)7/h10,24,26-28H,8-9,11-23H2,1-7H3,(H,38,41)(H,42,43)/t24?,26-,27-,28?,34-,35+,36+,37-/m0/s1. The number of carbonyl (C=O) groups excluding carboxylic acids is 2. The number of carbonyl (C=O) groups is 3. The molecule has 5 aliphatic carbocycles. The Morgan fingerprint density at radius 2 is 1.60 bits per heavy atom. The van der Waals surface area contributed by atoms with Crippen LogP contribution in [0.25, 0.3) is 0 Å². The molecule has 0 radical (unpaired) electrons. The molecule has 240 valence electrons. The molecule has 0 aromatic rings. The molecule has 6 heteroatoms. The molecule has 6 rings (SSSR count). The Morgan fingerprint density at radius 3 is 2.28 bits per heavy atom. The number of rotatable bonds is 5. The zero-order valence-corrected chi connectivity index (χ0v) is 28.1. The average Bonchev–Trinajstić information content (AvgIpc) is 3.44. The molecule has 4 saturated carbocycles. The third-order valence-corrected chi connectivity index (χ3v) is 15.0. The lowest BCUT2D eigenvalue weighted by Crippen LogP contribution is -2.66. The molecule has 6 nitrogen and oxygen atoms in total. The van der Waals surface area contributed by atoms with Crippen molar-refractivity contribution < 1.29 is 19.5 Å². The van der Waals surface area contributed by atoms with Gasteiger partial charge >= 0.3 is 5.97 Å². The van der Waals surface area contributed by atoms with Crippen LogP contribution in [0.3, 0.4) is 0 Å². The van der Waals surface area contributed by atoms with Crippen LogP contribution in [0.4, 0.5) is 0 Å². The number of likely N-dealkylation sites (tertiary alicyclic amines) is 1. The first-order valence-corrected chi connectivity index (χ1v) is 17.5. The molecule has 1 aliphatic heterocycles. The van der Waals surface area contributed by atoms with Crippen molar-refractivity contribution in [2.24, 2.45) is 56.2 Å². The van der Waals surface area contributed by atoms with Crippen molar-refractivity contribution in [2.45, 2.75) is 119 Å². The third kappa shape index (κ3) is 4.45. The molecule has 2 unspecified atom stereocenters. The average molecular weight is 595 g/mol. The highest BCUT2D eigenvalue weighted by molar-refractivity contribution is 6.04. The predicted molar refractivity (Wildman–Crippen MR) is 169 cm³/mol. The van der Waals surface area contributed by atoms with Crippen LogP contribution >= 0.6 is 0 Å². The summed E-state index contributed by atoms with van der Waals surface area (Å²) in [5, 5.41) is 13.8. The number of nitrogens with one attached hydrogen (secondary N) is 1. The van der Waals surface area contributed by atoms with Crippen LogP contribution in [-0.2, 0) is 14.4 Å². The van der Waals surface area contributed by atoms with Gasteiger partial charge in [-0.2, -0.15) is 0 Å². The predicted octanol–water partition coefficient (Wildman–Crippen LogP) is 6.88. The van der Waals surface area contributed by atoms with Crippen molar-refractivity contribution in [3.63, 3.8) is 0 Å². The van der Waals surface area contributed by atoms with Crippen molar-refractivity contribution >= 4 is 17.7 Å². The van der Waals surface area contributed by atoms with Crippen LogP contribution in [0.2, 0.25) is 0 Å². The summed E-state index contributed by atoms with van der Waals surface area (Å²) >= 11 is 0. The number of Topliss-reactive ketones (excluding diaryl/α,β-unsaturated/α-hetero) is 1. The van der Waals surface area contributed by atoms with Gasteiger partial charge in [0.05, 0.1) is 11.3 Å². The lowest BCUT2D eigenvalue weighted by atomic mass is 9.33. The Bertz CT molecular complexity index is 1210. The van der Waals surface area contributed by atoms with Gasteiger partial charge in [-0.3, -0.25) is 14.4 Å². The van der Waals surface area contributed by atoms with Crippen LogP contribution in [-0.4, -0.2) is 53.8 Å². The van der Waals surface area contributed by atoms with E-state index in [9.17, 15) is 19.5 Å². The number of aliphatic carboxylic acids is 1. The molecule has 43 heavy (non-hydrogen) atoms. The molecular formula is C37H58N2O4. The summed E-state index contributed by atoms with van der Waals surface area (Å²) in [5.74, 6) is -0.443. The molecule has 1 heterocycles. The maximum absolute atomic E-state index is 14.0. The Hall–Kier alpha value is -1.69. The normalized spacial score (nSPS) is 45.2. The molecule has 0 aromatic heterocycles. The van der Waals surface area contributed by atoms with Gasteiger partial charge in [-0.25, -0.2) is 0 Å². The molecule has 2 N–H and O–H groups in total. The number of hydrogen-bond acceptors (Lipinski definition) is 4. The van der Waals surface area contributed by atoms with Crippen LogP contribution < -0.4 is 5.32 Å². The van der Waals surface area contributed by atoms with E-state index in [1.54, 1.807) is 0 Å². The number of carboxylic acid groups (broad SMARTS) is 1. The van der Waals surface area contributed by atoms with Gasteiger partial charge in [0.2, 0.25) is 5.91 Å². The fraction of sp³-hybridized carbons (Fsp3) is 0.865. The van der Waals surface area contributed by atoms with E-state index >= 15 is 0 Å². The Labute approximate surface area is 260 Å². The van der Waals surface area contributed by atoms with Crippen molar-refractivity contribution in [1.82, 2.24) is 10.2 Å². The minimum Gasteiger partial charge on any atom is -0.481 e.